The predicted molar refractivity (Wildman–Crippen MR) is 110 cm³/mol. The molecule has 0 saturated heterocycles. The van der Waals surface area contributed by atoms with Gasteiger partial charge in [0.1, 0.15) is 5.75 Å². The molecule has 2 aromatic carbocycles. The fourth-order valence-corrected chi connectivity index (χ4v) is 2.74. The van der Waals surface area contributed by atoms with Gasteiger partial charge in [0.05, 0.1) is 5.69 Å². The number of carbonyl (C=O) groups excluding carboxylic acids is 1. The van der Waals surface area contributed by atoms with E-state index in [0.717, 1.165) is 33.8 Å². The Morgan fingerprint density at radius 3 is 2.52 bits per heavy atom. The summed E-state index contributed by atoms with van der Waals surface area (Å²) < 4.78 is 5.70. The number of rotatable bonds is 6. The number of para-hydroxylation sites is 1. The molecule has 0 saturated carbocycles. The van der Waals surface area contributed by atoms with Crippen LogP contribution in [0.15, 0.2) is 66.9 Å². The SMILES string of the molecule is Cc1cccc(C)c1OCC(=O)Nc1cccc(/C=C/c2ccccn2)c1. The van der Waals surface area contributed by atoms with Gasteiger partial charge in [0, 0.05) is 11.9 Å². The van der Waals surface area contributed by atoms with Crippen molar-refractivity contribution in [1.29, 1.82) is 0 Å². The van der Waals surface area contributed by atoms with Crippen LogP contribution in [0, 0.1) is 13.8 Å². The maximum Gasteiger partial charge on any atom is 0.262 e. The molecule has 1 heterocycles. The molecule has 1 aromatic heterocycles. The van der Waals surface area contributed by atoms with Crippen LogP contribution in [-0.2, 0) is 4.79 Å². The minimum absolute atomic E-state index is 0.0281. The third kappa shape index (κ3) is 5.28. The van der Waals surface area contributed by atoms with E-state index in [1.807, 2.05) is 86.7 Å². The van der Waals surface area contributed by atoms with E-state index in [4.69, 9.17) is 4.74 Å². The Hall–Kier alpha value is -3.40. The van der Waals surface area contributed by atoms with Crippen LogP contribution in [0.1, 0.15) is 22.4 Å². The number of aromatic nitrogens is 1. The summed E-state index contributed by atoms with van der Waals surface area (Å²) in [5, 5.41) is 2.88. The van der Waals surface area contributed by atoms with Crippen LogP contribution in [0.2, 0.25) is 0 Å². The number of benzene rings is 2. The molecular formula is C23H22N2O2. The Labute approximate surface area is 159 Å². The zero-order valence-electron chi connectivity index (χ0n) is 15.5. The van der Waals surface area contributed by atoms with Crippen LogP contribution in [-0.4, -0.2) is 17.5 Å². The van der Waals surface area contributed by atoms with Crippen molar-refractivity contribution < 1.29 is 9.53 Å². The van der Waals surface area contributed by atoms with Gasteiger partial charge in [0.15, 0.2) is 6.61 Å². The molecule has 0 atom stereocenters. The lowest BCUT2D eigenvalue weighted by Crippen LogP contribution is -2.20. The van der Waals surface area contributed by atoms with E-state index in [0.29, 0.717) is 0 Å². The highest BCUT2D eigenvalue weighted by atomic mass is 16.5. The maximum absolute atomic E-state index is 12.2. The van der Waals surface area contributed by atoms with Gasteiger partial charge in [-0.2, -0.15) is 0 Å². The van der Waals surface area contributed by atoms with E-state index >= 15 is 0 Å². The van der Waals surface area contributed by atoms with Crippen molar-refractivity contribution in [2.24, 2.45) is 0 Å². The fraction of sp³-hybridized carbons (Fsp3) is 0.130. The van der Waals surface area contributed by atoms with Crippen LogP contribution < -0.4 is 10.1 Å². The number of nitrogens with zero attached hydrogens (tertiary/aromatic N) is 1. The molecule has 136 valence electrons. The number of nitrogens with one attached hydrogen (secondary N) is 1. The molecule has 0 aliphatic carbocycles. The number of aryl methyl sites for hydroxylation is 2. The zero-order chi connectivity index (χ0) is 19.1. The van der Waals surface area contributed by atoms with Gasteiger partial charge in [-0.1, -0.05) is 42.5 Å². The van der Waals surface area contributed by atoms with Gasteiger partial charge >= 0.3 is 0 Å². The van der Waals surface area contributed by atoms with Crippen molar-refractivity contribution in [3.8, 4) is 5.75 Å². The molecule has 0 fully saturated rings. The smallest absolute Gasteiger partial charge is 0.262 e. The highest BCUT2D eigenvalue weighted by Crippen LogP contribution is 2.22. The number of hydrogen-bond acceptors (Lipinski definition) is 3. The summed E-state index contributed by atoms with van der Waals surface area (Å²) in [5.74, 6) is 0.572. The monoisotopic (exact) mass is 358 g/mol. The minimum atomic E-state index is -0.191. The van der Waals surface area contributed by atoms with Gasteiger partial charge in [-0.3, -0.25) is 9.78 Å². The first-order chi connectivity index (χ1) is 13.1. The summed E-state index contributed by atoms with van der Waals surface area (Å²) in [6.45, 7) is 3.91. The number of ether oxygens (including phenoxy) is 1. The standard InChI is InChI=1S/C23H22N2O2/c1-17-7-5-8-18(2)23(17)27-16-22(26)25-21-11-6-9-19(15-21)12-13-20-10-3-4-14-24-20/h3-15H,16H2,1-2H3,(H,25,26)/b13-12+. The maximum atomic E-state index is 12.2. The molecule has 3 aromatic rings. The molecule has 3 rings (SSSR count). The third-order valence-electron chi connectivity index (χ3n) is 4.06. The van der Waals surface area contributed by atoms with E-state index in [-0.39, 0.29) is 12.5 Å². The number of hydrogen-bond donors (Lipinski definition) is 1. The minimum Gasteiger partial charge on any atom is -0.483 e. The predicted octanol–water partition coefficient (Wildman–Crippen LogP) is 4.89. The first-order valence-electron chi connectivity index (χ1n) is 8.80. The first kappa shape index (κ1) is 18.4. The van der Waals surface area contributed by atoms with Crippen molar-refractivity contribution >= 4 is 23.7 Å². The summed E-state index contributed by atoms with van der Waals surface area (Å²) in [7, 11) is 0. The van der Waals surface area contributed by atoms with E-state index in [1.165, 1.54) is 0 Å². The lowest BCUT2D eigenvalue weighted by Gasteiger charge is -2.12. The summed E-state index contributed by atoms with van der Waals surface area (Å²) >= 11 is 0. The Balaban J connectivity index is 1.60. The summed E-state index contributed by atoms with van der Waals surface area (Å²) in [5.41, 5.74) is 4.63. The molecule has 0 radical (unpaired) electrons. The van der Waals surface area contributed by atoms with Crippen molar-refractivity contribution in [3.63, 3.8) is 0 Å². The Morgan fingerprint density at radius 2 is 1.78 bits per heavy atom. The van der Waals surface area contributed by atoms with Crippen molar-refractivity contribution in [2.75, 3.05) is 11.9 Å². The van der Waals surface area contributed by atoms with Crippen LogP contribution >= 0.6 is 0 Å². The highest BCUT2D eigenvalue weighted by Gasteiger charge is 2.07. The zero-order valence-corrected chi connectivity index (χ0v) is 15.5. The molecular weight excluding hydrogens is 336 g/mol. The van der Waals surface area contributed by atoms with Crippen LogP contribution in [0.25, 0.3) is 12.2 Å². The Morgan fingerprint density at radius 1 is 1.00 bits per heavy atom. The van der Waals surface area contributed by atoms with Gasteiger partial charge in [-0.25, -0.2) is 0 Å². The average molecular weight is 358 g/mol. The van der Waals surface area contributed by atoms with Crippen molar-refractivity contribution in [3.05, 3.63) is 89.2 Å². The van der Waals surface area contributed by atoms with Crippen LogP contribution in [0.4, 0.5) is 5.69 Å². The first-order valence-corrected chi connectivity index (χ1v) is 8.80. The molecule has 1 N–H and O–H groups in total. The van der Waals surface area contributed by atoms with Gasteiger partial charge < -0.3 is 10.1 Å². The summed E-state index contributed by atoms with van der Waals surface area (Å²) in [6.07, 6.45) is 5.66. The van der Waals surface area contributed by atoms with Crippen LogP contribution in [0.3, 0.4) is 0 Å². The molecule has 27 heavy (non-hydrogen) atoms. The quantitative estimate of drug-likeness (QED) is 0.683. The van der Waals surface area contributed by atoms with E-state index in [1.54, 1.807) is 6.20 Å². The average Bonchev–Trinajstić information content (AvgIpc) is 2.67. The Bertz CT molecular complexity index is 929. The number of pyridine rings is 1. The highest BCUT2D eigenvalue weighted by molar-refractivity contribution is 5.92. The fourth-order valence-electron chi connectivity index (χ4n) is 2.74. The van der Waals surface area contributed by atoms with Crippen molar-refractivity contribution in [1.82, 2.24) is 4.98 Å². The van der Waals surface area contributed by atoms with Gasteiger partial charge in [-0.15, -0.1) is 0 Å². The molecule has 4 heteroatoms. The second-order valence-electron chi connectivity index (χ2n) is 6.27. The second-order valence-corrected chi connectivity index (χ2v) is 6.27. The number of amides is 1. The molecule has 0 unspecified atom stereocenters. The molecule has 0 aliphatic rings. The lowest BCUT2D eigenvalue weighted by atomic mass is 10.1. The molecule has 0 bridgehead atoms. The van der Waals surface area contributed by atoms with Crippen LogP contribution in [0.5, 0.6) is 5.75 Å². The molecule has 0 spiro atoms. The molecule has 0 aliphatic heterocycles. The normalized spacial score (nSPS) is 10.7. The topological polar surface area (TPSA) is 51.2 Å². The molecule has 1 amide bonds. The summed E-state index contributed by atoms with van der Waals surface area (Å²) in [6, 6.07) is 19.3. The summed E-state index contributed by atoms with van der Waals surface area (Å²) in [4.78, 5) is 16.5. The van der Waals surface area contributed by atoms with E-state index < -0.39 is 0 Å². The largest absolute Gasteiger partial charge is 0.483 e. The number of anilines is 1. The number of carbonyl (C=O) groups is 1. The van der Waals surface area contributed by atoms with E-state index in [2.05, 4.69) is 10.3 Å². The third-order valence-corrected chi connectivity index (χ3v) is 4.06. The van der Waals surface area contributed by atoms with Crippen molar-refractivity contribution in [2.45, 2.75) is 13.8 Å². The lowest BCUT2D eigenvalue weighted by molar-refractivity contribution is -0.118. The Kier molecular flexibility index (Phi) is 6.00. The van der Waals surface area contributed by atoms with E-state index in [9.17, 15) is 4.79 Å². The van der Waals surface area contributed by atoms with Gasteiger partial charge in [0.2, 0.25) is 0 Å². The molecule has 4 nitrogen and oxygen atoms in total. The van der Waals surface area contributed by atoms with Gasteiger partial charge in [0.25, 0.3) is 5.91 Å². The van der Waals surface area contributed by atoms with Gasteiger partial charge in [-0.05, 0) is 60.9 Å². The second kappa shape index (κ2) is 8.81.